The van der Waals surface area contributed by atoms with Gasteiger partial charge in [-0.25, -0.2) is 4.31 Å². The molecule has 2 aromatic carbocycles. The van der Waals surface area contributed by atoms with Crippen LogP contribution in [0, 0.1) is 0 Å². The standard InChI is InChI=1S/C18H19ClN2OS/c19-15-6-4-5-14(13-15)18(22)20-16-7-9-17(10-8-16)23-21-11-2-1-3-12-21/h4-10,13H,1-3,11-12H2,(H,20,22). The minimum Gasteiger partial charge on any atom is -0.322 e. The highest BCUT2D eigenvalue weighted by atomic mass is 35.5. The summed E-state index contributed by atoms with van der Waals surface area (Å²) in [6.07, 6.45) is 3.90. The smallest absolute Gasteiger partial charge is 0.255 e. The van der Waals surface area contributed by atoms with E-state index in [1.807, 2.05) is 24.3 Å². The molecule has 1 heterocycles. The first-order chi connectivity index (χ1) is 11.2. The number of anilines is 1. The molecule has 0 aliphatic carbocycles. The molecule has 0 radical (unpaired) electrons. The number of carbonyl (C=O) groups is 1. The second kappa shape index (κ2) is 7.86. The van der Waals surface area contributed by atoms with Crippen LogP contribution in [0.2, 0.25) is 5.02 Å². The van der Waals surface area contributed by atoms with Crippen molar-refractivity contribution in [1.29, 1.82) is 0 Å². The van der Waals surface area contributed by atoms with E-state index >= 15 is 0 Å². The molecule has 1 saturated heterocycles. The number of hydrogen-bond acceptors (Lipinski definition) is 3. The second-order valence-corrected chi connectivity index (χ2v) is 7.18. The normalized spacial score (nSPS) is 15.3. The van der Waals surface area contributed by atoms with Crippen molar-refractivity contribution in [1.82, 2.24) is 4.31 Å². The highest BCUT2D eigenvalue weighted by Crippen LogP contribution is 2.27. The Kier molecular flexibility index (Phi) is 5.60. The van der Waals surface area contributed by atoms with Gasteiger partial charge in [0.25, 0.3) is 5.91 Å². The van der Waals surface area contributed by atoms with Gasteiger partial charge in [-0.2, -0.15) is 0 Å². The molecular weight excluding hydrogens is 328 g/mol. The van der Waals surface area contributed by atoms with E-state index in [9.17, 15) is 4.79 Å². The summed E-state index contributed by atoms with van der Waals surface area (Å²) in [5.41, 5.74) is 1.35. The molecule has 120 valence electrons. The molecule has 1 amide bonds. The van der Waals surface area contributed by atoms with Crippen molar-refractivity contribution >= 4 is 35.1 Å². The largest absolute Gasteiger partial charge is 0.322 e. The van der Waals surface area contributed by atoms with Gasteiger partial charge in [0, 0.05) is 34.3 Å². The number of nitrogens with zero attached hydrogens (tertiary/aromatic N) is 1. The van der Waals surface area contributed by atoms with Crippen LogP contribution < -0.4 is 5.32 Å². The molecule has 5 heteroatoms. The number of piperidine rings is 1. The van der Waals surface area contributed by atoms with Crippen LogP contribution in [-0.2, 0) is 0 Å². The fraction of sp³-hybridized carbons (Fsp3) is 0.278. The molecule has 23 heavy (non-hydrogen) atoms. The Morgan fingerprint density at radius 3 is 2.48 bits per heavy atom. The number of amides is 1. The summed E-state index contributed by atoms with van der Waals surface area (Å²) in [5.74, 6) is -0.149. The predicted octanol–water partition coefficient (Wildman–Crippen LogP) is 5.09. The van der Waals surface area contributed by atoms with Gasteiger partial charge in [0.1, 0.15) is 0 Å². The third-order valence-electron chi connectivity index (χ3n) is 3.75. The second-order valence-electron chi connectivity index (χ2n) is 5.57. The monoisotopic (exact) mass is 346 g/mol. The molecule has 3 rings (SSSR count). The quantitative estimate of drug-likeness (QED) is 0.783. The van der Waals surface area contributed by atoms with Gasteiger partial charge < -0.3 is 5.32 Å². The zero-order chi connectivity index (χ0) is 16.1. The van der Waals surface area contributed by atoms with Gasteiger partial charge in [0.15, 0.2) is 0 Å². The Labute approximate surface area is 146 Å². The number of benzene rings is 2. The van der Waals surface area contributed by atoms with Crippen LogP contribution in [0.3, 0.4) is 0 Å². The van der Waals surface area contributed by atoms with Gasteiger partial charge in [0.2, 0.25) is 0 Å². The summed E-state index contributed by atoms with van der Waals surface area (Å²) < 4.78 is 2.41. The van der Waals surface area contributed by atoms with E-state index in [-0.39, 0.29) is 5.91 Å². The van der Waals surface area contributed by atoms with Gasteiger partial charge in [-0.3, -0.25) is 4.79 Å². The van der Waals surface area contributed by atoms with Gasteiger partial charge in [-0.1, -0.05) is 24.1 Å². The summed E-state index contributed by atoms with van der Waals surface area (Å²) in [6, 6.07) is 14.9. The fourth-order valence-corrected chi connectivity index (χ4v) is 3.72. The molecule has 1 aliphatic heterocycles. The Bertz CT molecular complexity index is 669. The lowest BCUT2D eigenvalue weighted by atomic mass is 10.2. The van der Waals surface area contributed by atoms with Crippen LogP contribution in [0.4, 0.5) is 5.69 Å². The maximum absolute atomic E-state index is 12.2. The maximum atomic E-state index is 12.2. The summed E-state index contributed by atoms with van der Waals surface area (Å²) in [7, 11) is 0. The van der Waals surface area contributed by atoms with E-state index in [1.54, 1.807) is 36.2 Å². The molecule has 1 N–H and O–H groups in total. The summed E-state index contributed by atoms with van der Waals surface area (Å²) in [5, 5.41) is 3.46. The number of carbonyl (C=O) groups excluding carboxylic acids is 1. The van der Waals surface area contributed by atoms with Gasteiger partial charge in [-0.15, -0.1) is 0 Å². The van der Waals surface area contributed by atoms with E-state index < -0.39 is 0 Å². The van der Waals surface area contributed by atoms with Crippen molar-refractivity contribution in [3.63, 3.8) is 0 Å². The first-order valence-electron chi connectivity index (χ1n) is 7.80. The lowest BCUT2D eigenvalue weighted by Gasteiger charge is -2.25. The summed E-state index contributed by atoms with van der Waals surface area (Å²) in [6.45, 7) is 2.30. The zero-order valence-corrected chi connectivity index (χ0v) is 14.4. The van der Waals surface area contributed by atoms with Gasteiger partial charge in [-0.05, 0) is 67.3 Å². The van der Waals surface area contributed by atoms with Crippen molar-refractivity contribution < 1.29 is 4.79 Å². The first kappa shape index (κ1) is 16.4. The Balaban J connectivity index is 1.59. The van der Waals surface area contributed by atoms with Crippen LogP contribution in [-0.4, -0.2) is 23.3 Å². The molecular formula is C18H19ClN2OS. The molecule has 2 aromatic rings. The highest BCUT2D eigenvalue weighted by Gasteiger charge is 2.11. The van der Waals surface area contributed by atoms with E-state index in [0.29, 0.717) is 10.6 Å². The topological polar surface area (TPSA) is 32.3 Å². The van der Waals surface area contributed by atoms with Gasteiger partial charge in [0.05, 0.1) is 0 Å². The number of halogens is 1. The number of hydrogen-bond donors (Lipinski definition) is 1. The van der Waals surface area contributed by atoms with E-state index in [2.05, 4.69) is 9.62 Å². The lowest BCUT2D eigenvalue weighted by molar-refractivity contribution is 0.102. The average molecular weight is 347 g/mol. The average Bonchev–Trinajstić information content (AvgIpc) is 2.57. The lowest BCUT2D eigenvalue weighted by Crippen LogP contribution is -2.22. The molecule has 0 bridgehead atoms. The molecule has 0 spiro atoms. The van der Waals surface area contributed by atoms with Crippen molar-refractivity contribution in [3.8, 4) is 0 Å². The molecule has 1 aliphatic rings. The zero-order valence-electron chi connectivity index (χ0n) is 12.8. The highest BCUT2D eigenvalue weighted by molar-refractivity contribution is 7.97. The van der Waals surface area contributed by atoms with Crippen molar-refractivity contribution in [2.75, 3.05) is 18.4 Å². The van der Waals surface area contributed by atoms with Crippen molar-refractivity contribution in [3.05, 3.63) is 59.1 Å². The van der Waals surface area contributed by atoms with E-state index in [1.165, 1.54) is 24.2 Å². The number of rotatable bonds is 4. The molecule has 1 fully saturated rings. The van der Waals surface area contributed by atoms with Crippen LogP contribution in [0.5, 0.6) is 0 Å². The summed E-state index contributed by atoms with van der Waals surface area (Å²) >= 11 is 7.71. The Hall–Kier alpha value is -1.49. The Morgan fingerprint density at radius 1 is 1.04 bits per heavy atom. The van der Waals surface area contributed by atoms with Gasteiger partial charge >= 0.3 is 0 Å². The molecule has 0 unspecified atom stereocenters. The van der Waals surface area contributed by atoms with Crippen molar-refractivity contribution in [2.24, 2.45) is 0 Å². The Morgan fingerprint density at radius 2 is 1.78 bits per heavy atom. The van der Waals surface area contributed by atoms with Crippen LogP contribution in [0.25, 0.3) is 0 Å². The van der Waals surface area contributed by atoms with Crippen LogP contribution in [0.15, 0.2) is 53.4 Å². The summed E-state index contributed by atoms with van der Waals surface area (Å²) in [4.78, 5) is 13.4. The third kappa shape index (κ3) is 4.74. The predicted molar refractivity (Wildman–Crippen MR) is 97.1 cm³/mol. The van der Waals surface area contributed by atoms with E-state index in [0.717, 1.165) is 18.8 Å². The third-order valence-corrected chi connectivity index (χ3v) is 5.09. The van der Waals surface area contributed by atoms with Crippen LogP contribution in [0.1, 0.15) is 29.6 Å². The SMILES string of the molecule is O=C(Nc1ccc(SN2CCCCC2)cc1)c1cccc(Cl)c1. The number of nitrogens with one attached hydrogen (secondary N) is 1. The maximum Gasteiger partial charge on any atom is 0.255 e. The van der Waals surface area contributed by atoms with Crippen LogP contribution >= 0.6 is 23.5 Å². The minimum atomic E-state index is -0.149. The van der Waals surface area contributed by atoms with Crippen molar-refractivity contribution in [2.45, 2.75) is 24.2 Å². The molecule has 3 nitrogen and oxygen atoms in total. The fourth-order valence-electron chi connectivity index (χ4n) is 2.54. The molecule has 0 atom stereocenters. The molecule has 0 saturated carbocycles. The molecule has 0 aromatic heterocycles. The minimum absolute atomic E-state index is 0.149. The first-order valence-corrected chi connectivity index (χ1v) is 8.96. The van der Waals surface area contributed by atoms with E-state index in [4.69, 9.17) is 11.6 Å².